The molecule has 2 rings (SSSR count). The van der Waals surface area contributed by atoms with E-state index in [4.69, 9.17) is 0 Å². The summed E-state index contributed by atoms with van der Waals surface area (Å²) in [5, 5.41) is 22.6. The fraction of sp³-hybridized carbons (Fsp3) is 0.235. The van der Waals surface area contributed by atoms with Gasteiger partial charge in [-0.2, -0.15) is 13.5 Å². The molecular weight excluding hydrogens is 328 g/mol. The smallest absolute Gasteiger partial charge is 0.276 e. The highest BCUT2D eigenvalue weighted by atomic mass is 32.2. The molecule has 0 saturated carbocycles. The Balaban J connectivity index is 2.11. The molecule has 0 bridgehead atoms. The quantitative estimate of drug-likeness (QED) is 0.424. The summed E-state index contributed by atoms with van der Waals surface area (Å²) in [6.45, 7) is 4.19. The van der Waals surface area contributed by atoms with E-state index in [1.807, 2.05) is 0 Å². The molecule has 2 aromatic rings. The Hall–Kier alpha value is -2.54. The van der Waals surface area contributed by atoms with Crippen molar-refractivity contribution in [1.29, 1.82) is 0 Å². The van der Waals surface area contributed by atoms with Crippen molar-refractivity contribution in [3.05, 3.63) is 53.6 Å². The van der Waals surface area contributed by atoms with E-state index in [1.54, 1.807) is 12.1 Å². The lowest BCUT2D eigenvalue weighted by Gasteiger charge is -2.07. The lowest BCUT2D eigenvalue weighted by molar-refractivity contribution is 0.403. The number of hydrogen-bond donors (Lipinski definition) is 3. The molecule has 24 heavy (non-hydrogen) atoms. The summed E-state index contributed by atoms with van der Waals surface area (Å²) in [7, 11) is -3.79. The number of hydrogen-bond acceptors (Lipinski definition) is 5. The molecule has 128 valence electrons. The number of hydrazone groups is 1. The standard InChI is InChI=1S/C17H20N2O4S/c1-12(2)10-13-6-8-15(9-7-13)24(22,23)19-18-11-14-4-3-5-16(20)17(14)21/h3-9,11-12,19-21H,10H2,1-2H3/b18-11+. The van der Waals surface area contributed by atoms with Crippen molar-refractivity contribution in [2.75, 3.05) is 0 Å². The highest BCUT2D eigenvalue weighted by molar-refractivity contribution is 7.89. The van der Waals surface area contributed by atoms with E-state index in [9.17, 15) is 18.6 Å². The molecule has 0 aliphatic carbocycles. The molecule has 0 heterocycles. The Bertz CT molecular complexity index is 828. The number of para-hydroxylation sites is 1. The number of benzene rings is 2. The zero-order valence-corrected chi connectivity index (χ0v) is 14.3. The third kappa shape index (κ3) is 4.48. The van der Waals surface area contributed by atoms with Crippen molar-refractivity contribution in [1.82, 2.24) is 4.83 Å². The Morgan fingerprint density at radius 1 is 1.12 bits per heavy atom. The molecule has 0 aliphatic heterocycles. The molecule has 7 heteroatoms. The van der Waals surface area contributed by atoms with Crippen LogP contribution in [0.5, 0.6) is 11.5 Å². The van der Waals surface area contributed by atoms with Gasteiger partial charge in [-0.3, -0.25) is 0 Å². The van der Waals surface area contributed by atoms with Crippen molar-refractivity contribution in [2.45, 2.75) is 25.2 Å². The first kappa shape index (κ1) is 17.8. The maximum atomic E-state index is 12.2. The Morgan fingerprint density at radius 2 is 1.79 bits per heavy atom. The van der Waals surface area contributed by atoms with Gasteiger partial charge in [-0.25, -0.2) is 4.83 Å². The topological polar surface area (TPSA) is 99.0 Å². The van der Waals surface area contributed by atoms with Crippen LogP contribution in [-0.2, 0) is 16.4 Å². The number of aromatic hydroxyl groups is 2. The molecule has 0 aromatic heterocycles. The summed E-state index contributed by atoms with van der Waals surface area (Å²) in [4.78, 5) is 2.18. The first-order valence-electron chi connectivity index (χ1n) is 7.44. The monoisotopic (exact) mass is 348 g/mol. The molecule has 0 unspecified atom stereocenters. The van der Waals surface area contributed by atoms with Crippen molar-refractivity contribution in [2.24, 2.45) is 11.0 Å². The second kappa shape index (κ2) is 7.35. The van der Waals surface area contributed by atoms with E-state index >= 15 is 0 Å². The number of nitrogens with one attached hydrogen (secondary N) is 1. The summed E-state index contributed by atoms with van der Waals surface area (Å²) >= 11 is 0. The maximum absolute atomic E-state index is 12.2. The van der Waals surface area contributed by atoms with Crippen LogP contribution in [0.15, 0.2) is 52.5 Å². The number of phenols is 2. The molecule has 0 amide bonds. The van der Waals surface area contributed by atoms with Crippen LogP contribution in [0, 0.1) is 5.92 Å². The van der Waals surface area contributed by atoms with Gasteiger partial charge in [0.05, 0.1) is 11.1 Å². The van der Waals surface area contributed by atoms with Gasteiger partial charge >= 0.3 is 0 Å². The van der Waals surface area contributed by atoms with Crippen LogP contribution >= 0.6 is 0 Å². The van der Waals surface area contributed by atoms with E-state index in [0.29, 0.717) is 5.92 Å². The maximum Gasteiger partial charge on any atom is 0.276 e. The summed E-state index contributed by atoms with van der Waals surface area (Å²) < 4.78 is 24.3. The van der Waals surface area contributed by atoms with Crippen LogP contribution in [0.25, 0.3) is 0 Å². The number of rotatable bonds is 6. The van der Waals surface area contributed by atoms with Gasteiger partial charge in [-0.1, -0.05) is 32.0 Å². The first-order chi connectivity index (χ1) is 11.3. The predicted octanol–water partition coefficient (Wildman–Crippen LogP) is 2.61. The molecule has 3 N–H and O–H groups in total. The minimum absolute atomic E-state index is 0.104. The second-order valence-corrected chi connectivity index (χ2v) is 7.47. The fourth-order valence-corrected chi connectivity index (χ4v) is 2.94. The van der Waals surface area contributed by atoms with Crippen molar-refractivity contribution in [3.8, 4) is 11.5 Å². The van der Waals surface area contributed by atoms with Crippen LogP contribution < -0.4 is 4.83 Å². The lowest BCUT2D eigenvalue weighted by atomic mass is 10.0. The fourth-order valence-electron chi connectivity index (χ4n) is 2.15. The summed E-state index contributed by atoms with van der Waals surface area (Å²) in [6.07, 6.45) is 2.00. The Kier molecular flexibility index (Phi) is 5.46. The first-order valence-corrected chi connectivity index (χ1v) is 8.92. The van der Waals surface area contributed by atoms with Gasteiger partial charge in [0.2, 0.25) is 0 Å². The van der Waals surface area contributed by atoms with E-state index < -0.39 is 10.0 Å². The molecule has 6 nitrogen and oxygen atoms in total. The average Bonchev–Trinajstić information content (AvgIpc) is 2.51. The van der Waals surface area contributed by atoms with Gasteiger partial charge < -0.3 is 10.2 Å². The van der Waals surface area contributed by atoms with Gasteiger partial charge in [0, 0.05) is 5.56 Å². The molecule has 0 aliphatic rings. The van der Waals surface area contributed by atoms with Gasteiger partial charge in [0.15, 0.2) is 11.5 Å². The lowest BCUT2D eigenvalue weighted by Crippen LogP contribution is -2.18. The molecule has 0 fully saturated rings. The van der Waals surface area contributed by atoms with Gasteiger partial charge in [-0.15, -0.1) is 0 Å². The van der Waals surface area contributed by atoms with Crippen LogP contribution in [0.1, 0.15) is 25.0 Å². The van der Waals surface area contributed by atoms with Gasteiger partial charge in [0.1, 0.15) is 0 Å². The minimum atomic E-state index is -3.79. The third-order valence-corrected chi connectivity index (χ3v) is 4.54. The van der Waals surface area contributed by atoms with E-state index in [2.05, 4.69) is 23.8 Å². The zero-order chi connectivity index (χ0) is 17.7. The molecule has 0 atom stereocenters. The van der Waals surface area contributed by atoms with E-state index in [-0.39, 0.29) is 22.0 Å². The molecule has 0 radical (unpaired) electrons. The highest BCUT2D eigenvalue weighted by Crippen LogP contribution is 2.26. The molecular formula is C17H20N2O4S. The van der Waals surface area contributed by atoms with Crippen LogP contribution in [0.2, 0.25) is 0 Å². The summed E-state index contributed by atoms with van der Waals surface area (Å²) in [5.41, 5.74) is 1.27. The Morgan fingerprint density at radius 3 is 2.42 bits per heavy atom. The molecule has 0 spiro atoms. The number of nitrogens with zero attached hydrogens (tertiary/aromatic N) is 1. The van der Waals surface area contributed by atoms with Crippen molar-refractivity contribution >= 4 is 16.2 Å². The van der Waals surface area contributed by atoms with Crippen molar-refractivity contribution in [3.63, 3.8) is 0 Å². The second-order valence-electron chi connectivity index (χ2n) is 5.81. The normalized spacial score (nSPS) is 12.0. The third-order valence-electron chi connectivity index (χ3n) is 3.30. The number of phenolic OH excluding ortho intramolecular Hbond substituents is 2. The summed E-state index contributed by atoms with van der Waals surface area (Å²) in [5.74, 6) is -0.175. The van der Waals surface area contributed by atoms with Gasteiger partial charge in [0.25, 0.3) is 10.0 Å². The van der Waals surface area contributed by atoms with Crippen LogP contribution in [-0.4, -0.2) is 24.8 Å². The molecule has 0 saturated heterocycles. The van der Waals surface area contributed by atoms with Crippen LogP contribution in [0.3, 0.4) is 0 Å². The zero-order valence-electron chi connectivity index (χ0n) is 13.5. The van der Waals surface area contributed by atoms with E-state index in [0.717, 1.165) is 18.2 Å². The molecule has 2 aromatic carbocycles. The largest absolute Gasteiger partial charge is 0.504 e. The summed E-state index contributed by atoms with van der Waals surface area (Å²) in [6, 6.07) is 10.9. The Labute approximate surface area is 141 Å². The predicted molar refractivity (Wildman–Crippen MR) is 92.7 cm³/mol. The van der Waals surface area contributed by atoms with Crippen LogP contribution in [0.4, 0.5) is 0 Å². The SMILES string of the molecule is CC(C)Cc1ccc(S(=O)(=O)N/N=C/c2cccc(O)c2O)cc1. The van der Waals surface area contributed by atoms with E-state index in [1.165, 1.54) is 30.3 Å². The van der Waals surface area contributed by atoms with Gasteiger partial charge in [-0.05, 0) is 42.2 Å². The van der Waals surface area contributed by atoms with Crippen molar-refractivity contribution < 1.29 is 18.6 Å². The average molecular weight is 348 g/mol. The number of sulfonamides is 1. The highest BCUT2D eigenvalue weighted by Gasteiger charge is 2.13. The minimum Gasteiger partial charge on any atom is -0.504 e.